The molecule has 0 aliphatic carbocycles. The van der Waals surface area contributed by atoms with E-state index in [0.29, 0.717) is 12.1 Å². The third-order valence-corrected chi connectivity index (χ3v) is 4.74. The fourth-order valence-corrected chi connectivity index (χ4v) is 2.87. The Labute approximate surface area is 135 Å². The maximum Gasteiger partial charge on any atom is 0.175 e. The minimum absolute atomic E-state index is 0.169. The highest BCUT2D eigenvalue weighted by Gasteiger charge is 2.21. The zero-order valence-electron chi connectivity index (χ0n) is 12.8. The highest BCUT2D eigenvalue weighted by atomic mass is 32.2. The van der Waals surface area contributed by atoms with Gasteiger partial charge in [-0.1, -0.05) is 42.5 Å². The van der Waals surface area contributed by atoms with Crippen molar-refractivity contribution in [2.24, 2.45) is 0 Å². The lowest BCUT2D eigenvalue weighted by atomic mass is 10.0. The number of benzene rings is 2. The Kier molecular flexibility index (Phi) is 5.87. The third-order valence-electron chi connectivity index (χ3n) is 3.61. The molecular weight excluding hydrogens is 317 g/mol. The fraction of sp³-hybridized carbons (Fsp3) is 0.294. The van der Waals surface area contributed by atoms with Gasteiger partial charge in [-0.05, 0) is 23.3 Å². The predicted molar refractivity (Wildman–Crippen MR) is 87.6 cm³/mol. The maximum absolute atomic E-state index is 13.2. The van der Waals surface area contributed by atoms with Gasteiger partial charge in [0.15, 0.2) is 9.84 Å². The summed E-state index contributed by atoms with van der Waals surface area (Å²) in [5, 5.41) is 13.3. The van der Waals surface area contributed by atoms with Gasteiger partial charge in [-0.2, -0.15) is 0 Å². The third kappa shape index (κ3) is 4.86. The quantitative estimate of drug-likeness (QED) is 0.813. The summed E-state index contributed by atoms with van der Waals surface area (Å²) >= 11 is 0. The molecule has 0 saturated heterocycles. The van der Waals surface area contributed by atoms with E-state index in [2.05, 4.69) is 5.32 Å². The van der Waals surface area contributed by atoms with Gasteiger partial charge < -0.3 is 10.4 Å². The molecule has 2 unspecified atom stereocenters. The molecule has 2 N–H and O–H groups in total. The molecule has 0 spiro atoms. The Balaban J connectivity index is 2.05. The maximum atomic E-state index is 13.2. The first kappa shape index (κ1) is 17.6. The molecule has 6 heteroatoms. The molecule has 0 radical (unpaired) electrons. The first-order chi connectivity index (χ1) is 10.9. The van der Waals surface area contributed by atoms with Gasteiger partial charge in [-0.3, -0.25) is 0 Å². The molecule has 2 aromatic rings. The van der Waals surface area contributed by atoms with Crippen LogP contribution in [0.4, 0.5) is 4.39 Å². The molecule has 2 rings (SSSR count). The summed E-state index contributed by atoms with van der Waals surface area (Å²) < 4.78 is 36.1. The van der Waals surface area contributed by atoms with Crippen molar-refractivity contribution in [1.82, 2.24) is 5.32 Å². The van der Waals surface area contributed by atoms with E-state index in [1.165, 1.54) is 24.3 Å². The molecule has 0 fully saturated rings. The monoisotopic (exact) mass is 337 g/mol. The van der Waals surface area contributed by atoms with Crippen LogP contribution in [0.2, 0.25) is 0 Å². The van der Waals surface area contributed by atoms with Crippen LogP contribution in [-0.4, -0.2) is 32.5 Å². The van der Waals surface area contributed by atoms with Crippen LogP contribution < -0.4 is 5.32 Å². The molecule has 4 nitrogen and oxygen atoms in total. The highest BCUT2D eigenvalue weighted by molar-refractivity contribution is 7.90. The van der Waals surface area contributed by atoms with Gasteiger partial charge in [0.2, 0.25) is 0 Å². The number of hydrogen-bond donors (Lipinski definition) is 2. The molecule has 0 saturated carbocycles. The first-order valence-electron chi connectivity index (χ1n) is 7.23. The van der Waals surface area contributed by atoms with E-state index in [0.717, 1.165) is 11.8 Å². The highest BCUT2D eigenvalue weighted by Crippen LogP contribution is 2.20. The average molecular weight is 337 g/mol. The molecule has 0 heterocycles. The van der Waals surface area contributed by atoms with E-state index in [9.17, 15) is 17.9 Å². The molecule has 0 bridgehead atoms. The molecule has 124 valence electrons. The summed E-state index contributed by atoms with van der Waals surface area (Å²) in [6.45, 7) is -0.296. The van der Waals surface area contributed by atoms with Crippen molar-refractivity contribution >= 4 is 9.84 Å². The largest absolute Gasteiger partial charge is 0.387 e. The molecule has 0 aliphatic heterocycles. The molecule has 2 aromatic carbocycles. The van der Waals surface area contributed by atoms with Gasteiger partial charge in [-0.15, -0.1) is 0 Å². The summed E-state index contributed by atoms with van der Waals surface area (Å²) in [6.07, 6.45) is 0.0573. The van der Waals surface area contributed by atoms with Gasteiger partial charge in [0.25, 0.3) is 0 Å². The number of aliphatic hydroxyl groups is 1. The van der Waals surface area contributed by atoms with Gasteiger partial charge in [0.05, 0.1) is 17.0 Å². The number of sulfone groups is 1. The van der Waals surface area contributed by atoms with Crippen LogP contribution in [0.1, 0.15) is 17.2 Å². The number of nitrogens with one attached hydrogen (secondary N) is 1. The number of halogens is 1. The molecule has 0 amide bonds. The molecule has 0 aliphatic rings. The number of aliphatic hydroxyl groups excluding tert-OH is 1. The Morgan fingerprint density at radius 3 is 2.22 bits per heavy atom. The Bertz CT molecular complexity index is 717. The lowest BCUT2D eigenvalue weighted by molar-refractivity contribution is 0.112. The minimum atomic E-state index is -3.29. The lowest BCUT2D eigenvalue weighted by Gasteiger charge is -2.22. The van der Waals surface area contributed by atoms with Crippen LogP contribution in [0.5, 0.6) is 0 Å². The standard InChI is InChI=1S/C17H20FNO3S/c1-23(21,22)15-9-7-14(8-10-15)17(20)16(11-18)19-12-13-5-3-2-4-6-13/h2-10,16-17,19-20H,11-12H2,1H3. The van der Waals surface area contributed by atoms with Crippen molar-refractivity contribution in [3.8, 4) is 0 Å². The summed E-state index contributed by atoms with van der Waals surface area (Å²) in [6, 6.07) is 14.6. The van der Waals surface area contributed by atoms with E-state index in [1.807, 2.05) is 30.3 Å². The van der Waals surface area contributed by atoms with Crippen molar-refractivity contribution < 1.29 is 17.9 Å². The van der Waals surface area contributed by atoms with E-state index in [4.69, 9.17) is 0 Å². The van der Waals surface area contributed by atoms with Crippen molar-refractivity contribution in [2.45, 2.75) is 23.6 Å². The number of hydrogen-bond acceptors (Lipinski definition) is 4. The summed E-state index contributed by atoms with van der Waals surface area (Å²) in [7, 11) is -3.29. The minimum Gasteiger partial charge on any atom is -0.387 e. The van der Waals surface area contributed by atoms with Crippen LogP contribution in [0.25, 0.3) is 0 Å². The molecule has 23 heavy (non-hydrogen) atoms. The Hall–Kier alpha value is -1.76. The summed E-state index contributed by atoms with van der Waals surface area (Å²) in [5.74, 6) is 0. The fourth-order valence-electron chi connectivity index (χ4n) is 2.24. The number of alkyl halides is 1. The van der Waals surface area contributed by atoms with E-state index in [1.54, 1.807) is 0 Å². The summed E-state index contributed by atoms with van der Waals surface area (Å²) in [5.41, 5.74) is 1.46. The second-order valence-electron chi connectivity index (χ2n) is 5.41. The van der Waals surface area contributed by atoms with E-state index >= 15 is 0 Å². The van der Waals surface area contributed by atoms with Gasteiger partial charge in [-0.25, -0.2) is 12.8 Å². The van der Waals surface area contributed by atoms with Crippen molar-refractivity contribution in [2.75, 3.05) is 12.9 Å². The van der Waals surface area contributed by atoms with E-state index in [-0.39, 0.29) is 4.90 Å². The van der Waals surface area contributed by atoms with Gasteiger partial charge in [0, 0.05) is 12.8 Å². The zero-order valence-corrected chi connectivity index (χ0v) is 13.6. The SMILES string of the molecule is CS(=O)(=O)c1ccc(C(O)C(CF)NCc2ccccc2)cc1. The Morgan fingerprint density at radius 1 is 1.09 bits per heavy atom. The van der Waals surface area contributed by atoms with Crippen LogP contribution in [-0.2, 0) is 16.4 Å². The van der Waals surface area contributed by atoms with Gasteiger partial charge in [0.1, 0.15) is 6.67 Å². The smallest absolute Gasteiger partial charge is 0.175 e. The lowest BCUT2D eigenvalue weighted by Crippen LogP contribution is -2.36. The average Bonchev–Trinajstić information content (AvgIpc) is 2.55. The molecule has 0 aromatic heterocycles. The van der Waals surface area contributed by atoms with Crippen molar-refractivity contribution in [3.63, 3.8) is 0 Å². The second kappa shape index (κ2) is 7.68. The van der Waals surface area contributed by atoms with Gasteiger partial charge >= 0.3 is 0 Å². The number of rotatable bonds is 7. The van der Waals surface area contributed by atoms with Crippen molar-refractivity contribution in [1.29, 1.82) is 0 Å². The predicted octanol–water partition coefficient (Wildman–Crippen LogP) is 2.25. The second-order valence-corrected chi connectivity index (χ2v) is 7.43. The van der Waals surface area contributed by atoms with Crippen LogP contribution >= 0.6 is 0 Å². The van der Waals surface area contributed by atoms with Crippen molar-refractivity contribution in [3.05, 3.63) is 65.7 Å². The van der Waals surface area contributed by atoms with E-state index < -0.39 is 28.7 Å². The summed E-state index contributed by atoms with van der Waals surface area (Å²) in [4.78, 5) is 0.169. The zero-order chi connectivity index (χ0) is 16.9. The van der Waals surface area contributed by atoms with Crippen LogP contribution in [0.15, 0.2) is 59.5 Å². The Morgan fingerprint density at radius 2 is 1.70 bits per heavy atom. The van der Waals surface area contributed by atoms with Crippen LogP contribution in [0.3, 0.4) is 0 Å². The van der Waals surface area contributed by atoms with Crippen LogP contribution in [0, 0.1) is 0 Å². The molecular formula is C17H20FNO3S. The first-order valence-corrected chi connectivity index (χ1v) is 9.12. The topological polar surface area (TPSA) is 66.4 Å². The normalized spacial score (nSPS) is 14.4. The molecule has 2 atom stereocenters.